The summed E-state index contributed by atoms with van der Waals surface area (Å²) >= 11 is 2.02. The van der Waals surface area contributed by atoms with Crippen molar-refractivity contribution in [2.24, 2.45) is 7.05 Å². The Balaban J connectivity index is 2.01. The Morgan fingerprint density at radius 1 is 1.41 bits per heavy atom. The third kappa shape index (κ3) is 2.07. The molecule has 0 amide bonds. The first-order valence-corrected chi connectivity index (χ1v) is 7.24. The zero-order valence-electron chi connectivity index (χ0n) is 10.0. The number of imidazole rings is 1. The molecule has 0 radical (unpaired) electrons. The third-order valence-electron chi connectivity index (χ3n) is 3.27. The van der Waals surface area contributed by atoms with Gasteiger partial charge in [-0.05, 0) is 30.9 Å². The van der Waals surface area contributed by atoms with Crippen LogP contribution >= 0.6 is 11.8 Å². The Hall–Kier alpha value is -1.00. The van der Waals surface area contributed by atoms with Gasteiger partial charge in [0.15, 0.2) is 0 Å². The summed E-state index contributed by atoms with van der Waals surface area (Å²) < 4.78 is 2.22. The number of hydrogen-bond acceptors (Lipinski definition) is 3. The Labute approximate surface area is 106 Å². The van der Waals surface area contributed by atoms with Crippen LogP contribution < -0.4 is 5.32 Å². The minimum atomic E-state index is 0.389. The van der Waals surface area contributed by atoms with Crippen LogP contribution in [-0.2, 0) is 7.05 Å². The summed E-state index contributed by atoms with van der Waals surface area (Å²) in [4.78, 5) is 4.76. The largest absolute Gasteiger partial charge is 0.330 e. The molecule has 0 aliphatic carbocycles. The zero-order chi connectivity index (χ0) is 11.7. The van der Waals surface area contributed by atoms with Crippen LogP contribution in [0.25, 0.3) is 11.0 Å². The Kier molecular flexibility index (Phi) is 3.07. The minimum Gasteiger partial charge on any atom is -0.330 e. The van der Waals surface area contributed by atoms with Gasteiger partial charge >= 0.3 is 0 Å². The fourth-order valence-corrected chi connectivity index (χ4v) is 3.37. The molecule has 1 atom stereocenters. The molecular formula is C13H17N3S. The maximum atomic E-state index is 4.76. The number of nitrogens with one attached hydrogen (secondary N) is 1. The number of thioether (sulfide) groups is 1. The van der Waals surface area contributed by atoms with E-state index >= 15 is 0 Å². The van der Waals surface area contributed by atoms with E-state index in [0.29, 0.717) is 6.04 Å². The highest BCUT2D eigenvalue weighted by Gasteiger charge is 2.19. The molecule has 1 N–H and O–H groups in total. The maximum Gasteiger partial charge on any atom is 0.127 e. The van der Waals surface area contributed by atoms with Crippen molar-refractivity contribution in [1.29, 1.82) is 0 Å². The molecule has 1 fully saturated rings. The Bertz CT molecular complexity index is 512. The van der Waals surface area contributed by atoms with Crippen LogP contribution in [-0.4, -0.2) is 27.6 Å². The summed E-state index contributed by atoms with van der Waals surface area (Å²) in [6.45, 7) is 1.10. The van der Waals surface area contributed by atoms with Gasteiger partial charge in [-0.1, -0.05) is 12.1 Å². The highest BCUT2D eigenvalue weighted by Crippen LogP contribution is 2.24. The summed E-state index contributed by atoms with van der Waals surface area (Å²) in [6.07, 6.45) is 1.26. The Morgan fingerprint density at radius 2 is 2.29 bits per heavy atom. The smallest absolute Gasteiger partial charge is 0.127 e. The molecule has 1 aromatic carbocycles. The molecule has 1 aliphatic rings. The van der Waals surface area contributed by atoms with E-state index in [1.807, 2.05) is 17.8 Å². The predicted octanol–water partition coefficient (Wildman–Crippen LogP) is 2.34. The van der Waals surface area contributed by atoms with Gasteiger partial charge in [0.05, 0.1) is 17.1 Å². The summed E-state index contributed by atoms with van der Waals surface area (Å²) in [5.41, 5.74) is 2.32. The molecule has 90 valence electrons. The van der Waals surface area contributed by atoms with Crippen LogP contribution in [0.3, 0.4) is 0 Å². The lowest BCUT2D eigenvalue weighted by Crippen LogP contribution is -2.25. The first-order chi connectivity index (χ1) is 8.36. The van der Waals surface area contributed by atoms with E-state index in [-0.39, 0.29) is 0 Å². The van der Waals surface area contributed by atoms with E-state index in [1.165, 1.54) is 23.5 Å². The second kappa shape index (κ2) is 4.70. The molecule has 0 saturated carbocycles. The monoisotopic (exact) mass is 247 g/mol. The highest BCUT2D eigenvalue weighted by atomic mass is 32.2. The van der Waals surface area contributed by atoms with Gasteiger partial charge in [0.25, 0.3) is 0 Å². The first-order valence-electron chi connectivity index (χ1n) is 6.09. The standard InChI is InChI=1S/C13H17N3S/c1-16-12-6-3-2-5-10(12)15-13(16)11-9-17-8-4-7-14-11/h2-3,5-6,11,14H,4,7-9H2,1H3. The van der Waals surface area contributed by atoms with Crippen molar-refractivity contribution in [2.75, 3.05) is 18.1 Å². The van der Waals surface area contributed by atoms with Crippen LogP contribution in [0.4, 0.5) is 0 Å². The van der Waals surface area contributed by atoms with E-state index in [2.05, 4.69) is 35.1 Å². The molecular weight excluding hydrogens is 230 g/mol. The molecule has 3 nitrogen and oxygen atoms in total. The number of aryl methyl sites for hydroxylation is 1. The SMILES string of the molecule is Cn1c(C2CSCCCN2)nc2ccccc21. The fourth-order valence-electron chi connectivity index (χ4n) is 2.35. The van der Waals surface area contributed by atoms with Gasteiger partial charge < -0.3 is 9.88 Å². The number of para-hydroxylation sites is 2. The summed E-state index contributed by atoms with van der Waals surface area (Å²) in [7, 11) is 2.11. The molecule has 2 heterocycles. The third-order valence-corrected chi connectivity index (χ3v) is 4.42. The van der Waals surface area contributed by atoms with Crippen LogP contribution in [0.5, 0.6) is 0 Å². The topological polar surface area (TPSA) is 29.9 Å². The quantitative estimate of drug-likeness (QED) is 0.839. The van der Waals surface area contributed by atoms with E-state index < -0.39 is 0 Å². The molecule has 1 saturated heterocycles. The van der Waals surface area contributed by atoms with Crippen molar-refractivity contribution >= 4 is 22.8 Å². The molecule has 2 aromatic rings. The molecule has 1 unspecified atom stereocenters. The van der Waals surface area contributed by atoms with Crippen molar-refractivity contribution in [3.8, 4) is 0 Å². The second-order valence-corrected chi connectivity index (χ2v) is 5.60. The summed E-state index contributed by atoms with van der Waals surface area (Å²) in [5.74, 6) is 3.55. The van der Waals surface area contributed by atoms with E-state index in [0.717, 1.165) is 17.8 Å². The highest BCUT2D eigenvalue weighted by molar-refractivity contribution is 7.99. The van der Waals surface area contributed by atoms with Gasteiger partial charge in [0.1, 0.15) is 5.82 Å². The molecule has 4 heteroatoms. The number of hydrogen-bond donors (Lipinski definition) is 1. The van der Waals surface area contributed by atoms with Gasteiger partial charge in [-0.2, -0.15) is 11.8 Å². The average molecular weight is 247 g/mol. The normalized spacial score (nSPS) is 21.6. The van der Waals surface area contributed by atoms with Crippen LogP contribution in [0.15, 0.2) is 24.3 Å². The van der Waals surface area contributed by atoms with Crippen molar-refractivity contribution in [3.63, 3.8) is 0 Å². The number of benzene rings is 1. The molecule has 17 heavy (non-hydrogen) atoms. The summed E-state index contributed by atoms with van der Waals surface area (Å²) in [5, 5.41) is 3.60. The van der Waals surface area contributed by atoms with E-state index in [1.54, 1.807) is 0 Å². The van der Waals surface area contributed by atoms with Crippen molar-refractivity contribution in [2.45, 2.75) is 12.5 Å². The molecule has 1 aromatic heterocycles. The fraction of sp³-hybridized carbons (Fsp3) is 0.462. The van der Waals surface area contributed by atoms with Gasteiger partial charge in [-0.25, -0.2) is 4.98 Å². The summed E-state index contributed by atoms with van der Waals surface area (Å²) in [6, 6.07) is 8.73. The predicted molar refractivity (Wildman–Crippen MR) is 73.4 cm³/mol. The lowest BCUT2D eigenvalue weighted by molar-refractivity contribution is 0.548. The minimum absolute atomic E-state index is 0.389. The molecule has 3 rings (SSSR count). The van der Waals surface area contributed by atoms with Crippen molar-refractivity contribution in [1.82, 2.24) is 14.9 Å². The van der Waals surface area contributed by atoms with E-state index in [4.69, 9.17) is 4.98 Å². The number of rotatable bonds is 1. The second-order valence-electron chi connectivity index (χ2n) is 4.45. The van der Waals surface area contributed by atoms with Gasteiger partial charge in [0, 0.05) is 12.8 Å². The number of fused-ring (bicyclic) bond motifs is 1. The van der Waals surface area contributed by atoms with Gasteiger partial charge in [-0.15, -0.1) is 0 Å². The van der Waals surface area contributed by atoms with Gasteiger partial charge in [-0.3, -0.25) is 0 Å². The number of aromatic nitrogens is 2. The molecule has 1 aliphatic heterocycles. The van der Waals surface area contributed by atoms with Crippen LogP contribution in [0, 0.1) is 0 Å². The van der Waals surface area contributed by atoms with Crippen molar-refractivity contribution in [3.05, 3.63) is 30.1 Å². The first kappa shape index (κ1) is 11.1. The number of nitrogens with zero attached hydrogens (tertiary/aromatic N) is 2. The Morgan fingerprint density at radius 3 is 3.18 bits per heavy atom. The van der Waals surface area contributed by atoms with Crippen LogP contribution in [0.2, 0.25) is 0 Å². The molecule has 0 spiro atoms. The van der Waals surface area contributed by atoms with Gasteiger partial charge in [0.2, 0.25) is 0 Å². The maximum absolute atomic E-state index is 4.76. The van der Waals surface area contributed by atoms with Crippen molar-refractivity contribution < 1.29 is 0 Å². The van der Waals surface area contributed by atoms with E-state index in [9.17, 15) is 0 Å². The zero-order valence-corrected chi connectivity index (χ0v) is 10.8. The van der Waals surface area contributed by atoms with Crippen LogP contribution in [0.1, 0.15) is 18.3 Å². The average Bonchev–Trinajstić information content (AvgIpc) is 2.57. The lowest BCUT2D eigenvalue weighted by Gasteiger charge is -2.14. The molecule has 0 bridgehead atoms. The lowest BCUT2D eigenvalue weighted by atomic mass is 10.3.